The van der Waals surface area contributed by atoms with Crippen LogP contribution >= 0.6 is 0 Å². The Morgan fingerprint density at radius 1 is 1.43 bits per heavy atom. The minimum Gasteiger partial charge on any atom is -0.356 e. The molecule has 3 aromatic rings. The Balaban J connectivity index is 1.93. The molecule has 4 rings (SSSR count). The number of aromatic nitrogens is 2. The van der Waals surface area contributed by atoms with Gasteiger partial charge in [-0.2, -0.15) is 0 Å². The van der Waals surface area contributed by atoms with Gasteiger partial charge >= 0.3 is 0 Å². The number of aliphatic hydroxyl groups excluding tert-OH is 1. The third-order valence-electron chi connectivity index (χ3n) is 3.92. The van der Waals surface area contributed by atoms with Gasteiger partial charge in [-0.1, -0.05) is 5.16 Å². The van der Waals surface area contributed by atoms with Gasteiger partial charge in [0.2, 0.25) is 12.3 Å². The lowest BCUT2D eigenvalue weighted by molar-refractivity contribution is -0.125. The molecule has 1 aliphatic rings. The Morgan fingerprint density at radius 3 is 3.10 bits per heavy atom. The first-order valence-electron chi connectivity index (χ1n) is 6.72. The molecule has 21 heavy (non-hydrogen) atoms. The Hall–Kier alpha value is -2.54. The number of hydrogen-bond donors (Lipinski definition) is 2. The molecule has 1 aliphatic heterocycles. The number of amides is 1. The number of anilines is 1. The molecule has 3 heterocycles. The van der Waals surface area contributed by atoms with Crippen LogP contribution in [0, 0.1) is 0 Å². The molecule has 0 bridgehead atoms. The highest BCUT2D eigenvalue weighted by Gasteiger charge is 2.28. The summed E-state index contributed by atoms with van der Waals surface area (Å²) in [5, 5.41) is 18.5. The number of benzene rings is 1. The van der Waals surface area contributed by atoms with Gasteiger partial charge in [0.1, 0.15) is 0 Å². The SMILES string of the molecule is Cn1ccc2c3c(N4CCC(=O)NC4O)noc3ccc21. The second kappa shape index (κ2) is 4.23. The Bertz CT molecular complexity index is 851. The van der Waals surface area contributed by atoms with E-state index in [0.29, 0.717) is 24.4 Å². The number of aliphatic hydroxyl groups is 1. The fourth-order valence-corrected chi connectivity index (χ4v) is 2.83. The predicted molar refractivity (Wildman–Crippen MR) is 76.6 cm³/mol. The largest absolute Gasteiger partial charge is 0.356 e. The van der Waals surface area contributed by atoms with Crippen LogP contribution in [-0.2, 0) is 11.8 Å². The lowest BCUT2D eigenvalue weighted by Crippen LogP contribution is -2.54. The van der Waals surface area contributed by atoms with Gasteiger partial charge in [0.15, 0.2) is 11.4 Å². The summed E-state index contributed by atoms with van der Waals surface area (Å²) in [6.07, 6.45) is 1.20. The molecule has 0 aliphatic carbocycles. The van der Waals surface area contributed by atoms with Crippen molar-refractivity contribution >= 4 is 33.6 Å². The van der Waals surface area contributed by atoms with E-state index in [-0.39, 0.29) is 5.91 Å². The zero-order chi connectivity index (χ0) is 14.6. The van der Waals surface area contributed by atoms with E-state index in [9.17, 15) is 9.90 Å². The normalized spacial score (nSPS) is 19.4. The minimum atomic E-state index is -1.08. The Morgan fingerprint density at radius 2 is 2.29 bits per heavy atom. The fourth-order valence-electron chi connectivity index (χ4n) is 2.83. The van der Waals surface area contributed by atoms with Crippen LogP contribution in [0.15, 0.2) is 28.9 Å². The zero-order valence-electron chi connectivity index (χ0n) is 11.4. The molecule has 0 saturated carbocycles. The molecular weight excluding hydrogens is 272 g/mol. The molecule has 1 saturated heterocycles. The molecule has 1 aromatic carbocycles. The third kappa shape index (κ3) is 1.71. The second-order valence-corrected chi connectivity index (χ2v) is 5.19. The molecule has 1 atom stereocenters. The van der Waals surface area contributed by atoms with Gasteiger partial charge in [-0.3, -0.25) is 4.79 Å². The monoisotopic (exact) mass is 286 g/mol. The first kappa shape index (κ1) is 12.2. The molecule has 0 radical (unpaired) electrons. The third-order valence-corrected chi connectivity index (χ3v) is 3.92. The summed E-state index contributed by atoms with van der Waals surface area (Å²) in [6, 6.07) is 5.83. The molecule has 1 amide bonds. The van der Waals surface area contributed by atoms with Crippen LogP contribution in [0.1, 0.15) is 6.42 Å². The highest BCUT2D eigenvalue weighted by atomic mass is 16.5. The molecule has 2 aromatic heterocycles. The number of rotatable bonds is 1. The predicted octanol–water partition coefficient (Wildman–Crippen LogP) is 0.922. The summed E-state index contributed by atoms with van der Waals surface area (Å²) in [7, 11) is 1.97. The van der Waals surface area contributed by atoms with Crippen LogP contribution in [0.3, 0.4) is 0 Å². The van der Waals surface area contributed by atoms with Crippen molar-refractivity contribution in [3.63, 3.8) is 0 Å². The highest BCUT2D eigenvalue weighted by Crippen LogP contribution is 2.34. The zero-order valence-corrected chi connectivity index (χ0v) is 11.4. The van der Waals surface area contributed by atoms with Crippen molar-refractivity contribution in [3.05, 3.63) is 24.4 Å². The number of nitrogens with zero attached hydrogens (tertiary/aromatic N) is 3. The van der Waals surface area contributed by atoms with Crippen LogP contribution in [0.25, 0.3) is 21.9 Å². The number of carbonyl (C=O) groups is 1. The summed E-state index contributed by atoms with van der Waals surface area (Å²) < 4.78 is 7.38. The van der Waals surface area contributed by atoms with E-state index in [2.05, 4.69) is 10.5 Å². The van der Waals surface area contributed by atoms with Crippen LogP contribution in [-0.4, -0.2) is 33.6 Å². The number of carbonyl (C=O) groups excluding carboxylic acids is 1. The first-order valence-corrected chi connectivity index (χ1v) is 6.72. The van der Waals surface area contributed by atoms with Crippen molar-refractivity contribution in [2.24, 2.45) is 7.05 Å². The van der Waals surface area contributed by atoms with Gasteiger partial charge in [0, 0.05) is 37.1 Å². The number of fused-ring (bicyclic) bond motifs is 3. The van der Waals surface area contributed by atoms with Crippen LogP contribution in [0.5, 0.6) is 0 Å². The Labute approximate surface area is 119 Å². The maximum absolute atomic E-state index is 11.3. The van der Waals surface area contributed by atoms with E-state index in [4.69, 9.17) is 4.52 Å². The van der Waals surface area contributed by atoms with Gasteiger partial charge in [0.05, 0.1) is 5.39 Å². The summed E-state index contributed by atoms with van der Waals surface area (Å²) >= 11 is 0. The second-order valence-electron chi connectivity index (χ2n) is 5.19. The topological polar surface area (TPSA) is 83.5 Å². The maximum atomic E-state index is 11.3. The minimum absolute atomic E-state index is 0.170. The molecule has 7 heteroatoms. The van der Waals surface area contributed by atoms with E-state index in [1.54, 1.807) is 4.90 Å². The van der Waals surface area contributed by atoms with Crippen molar-refractivity contribution in [2.45, 2.75) is 12.8 Å². The van der Waals surface area contributed by atoms with E-state index < -0.39 is 6.35 Å². The lowest BCUT2D eigenvalue weighted by Gasteiger charge is -2.32. The van der Waals surface area contributed by atoms with Crippen LogP contribution in [0.2, 0.25) is 0 Å². The molecule has 1 unspecified atom stereocenters. The van der Waals surface area contributed by atoms with E-state index >= 15 is 0 Å². The van der Waals surface area contributed by atoms with E-state index in [0.717, 1.165) is 16.3 Å². The average Bonchev–Trinajstić information content (AvgIpc) is 3.03. The van der Waals surface area contributed by atoms with Crippen molar-refractivity contribution in [1.82, 2.24) is 15.0 Å². The molecule has 2 N–H and O–H groups in total. The lowest BCUT2D eigenvalue weighted by atomic mass is 10.1. The number of nitrogens with one attached hydrogen (secondary N) is 1. The van der Waals surface area contributed by atoms with Crippen molar-refractivity contribution in [2.75, 3.05) is 11.4 Å². The molecule has 7 nitrogen and oxygen atoms in total. The van der Waals surface area contributed by atoms with E-state index in [1.165, 1.54) is 0 Å². The molecule has 108 valence electrons. The highest BCUT2D eigenvalue weighted by molar-refractivity contribution is 6.10. The van der Waals surface area contributed by atoms with Gasteiger partial charge in [-0.05, 0) is 18.2 Å². The van der Waals surface area contributed by atoms with Crippen LogP contribution in [0.4, 0.5) is 5.82 Å². The molecular formula is C14H14N4O3. The fraction of sp³-hybridized carbons (Fsp3) is 0.286. The average molecular weight is 286 g/mol. The van der Waals surface area contributed by atoms with Crippen molar-refractivity contribution < 1.29 is 14.4 Å². The van der Waals surface area contributed by atoms with Crippen LogP contribution < -0.4 is 10.2 Å². The maximum Gasteiger partial charge on any atom is 0.225 e. The van der Waals surface area contributed by atoms with Gasteiger partial charge < -0.3 is 24.4 Å². The molecule has 0 spiro atoms. The number of hydrogen-bond acceptors (Lipinski definition) is 5. The summed E-state index contributed by atoms with van der Waals surface area (Å²) in [5.41, 5.74) is 1.72. The van der Waals surface area contributed by atoms with Crippen molar-refractivity contribution in [3.8, 4) is 0 Å². The van der Waals surface area contributed by atoms with Gasteiger partial charge in [-0.25, -0.2) is 0 Å². The quantitative estimate of drug-likeness (QED) is 0.695. The summed E-state index contributed by atoms with van der Waals surface area (Å²) in [5.74, 6) is 0.380. The number of aryl methyl sites for hydroxylation is 1. The summed E-state index contributed by atoms with van der Waals surface area (Å²) in [4.78, 5) is 13.0. The Kier molecular flexibility index (Phi) is 2.46. The first-order chi connectivity index (χ1) is 10.1. The summed E-state index contributed by atoms with van der Waals surface area (Å²) in [6.45, 7) is 0.401. The molecule has 1 fully saturated rings. The van der Waals surface area contributed by atoms with Gasteiger partial charge in [-0.15, -0.1) is 0 Å². The van der Waals surface area contributed by atoms with Gasteiger partial charge in [0.25, 0.3) is 0 Å². The van der Waals surface area contributed by atoms with E-state index in [1.807, 2.05) is 36.0 Å². The standard InChI is InChI=1S/C14H14N4O3/c1-17-6-4-8-9(17)2-3-10-12(8)13(16-21-10)18-7-5-11(19)15-14(18)20/h2-4,6,14,20H,5,7H2,1H3,(H,15,19). The smallest absolute Gasteiger partial charge is 0.225 e. The van der Waals surface area contributed by atoms with Crippen molar-refractivity contribution in [1.29, 1.82) is 0 Å².